The van der Waals surface area contributed by atoms with Crippen molar-refractivity contribution in [2.45, 2.75) is 16.6 Å². The van der Waals surface area contributed by atoms with Crippen molar-refractivity contribution >= 4 is 51.2 Å². The van der Waals surface area contributed by atoms with E-state index in [0.29, 0.717) is 0 Å². The van der Waals surface area contributed by atoms with Gasteiger partial charge in [-0.2, -0.15) is 0 Å². The van der Waals surface area contributed by atoms with Crippen molar-refractivity contribution in [1.29, 1.82) is 0 Å². The summed E-state index contributed by atoms with van der Waals surface area (Å²) in [5.74, 6) is 2.37. The Hall–Kier alpha value is -1.72. The van der Waals surface area contributed by atoms with Crippen LogP contribution in [0.25, 0.3) is 11.0 Å². The van der Waals surface area contributed by atoms with Crippen LogP contribution in [-0.4, -0.2) is 53.9 Å². The van der Waals surface area contributed by atoms with E-state index in [0.717, 1.165) is 55.1 Å². The number of fused-ring (bicyclic) bond motifs is 2. The maximum absolute atomic E-state index is 5.54. The first-order valence-corrected chi connectivity index (χ1v) is 10.4. The van der Waals surface area contributed by atoms with Gasteiger partial charge in [0.25, 0.3) is 0 Å². The van der Waals surface area contributed by atoms with Gasteiger partial charge in [-0.25, -0.2) is 9.97 Å². The molecule has 0 unspecified atom stereocenters. The molecular weight excluding hydrogens is 477 g/mol. The van der Waals surface area contributed by atoms with E-state index in [9.17, 15) is 0 Å². The zero-order chi connectivity index (χ0) is 19.0. The van der Waals surface area contributed by atoms with Gasteiger partial charge in [0.05, 0.1) is 5.52 Å². The van der Waals surface area contributed by atoms with E-state index in [4.69, 9.17) is 14.5 Å². The van der Waals surface area contributed by atoms with E-state index in [2.05, 4.69) is 56.5 Å². The molecule has 142 valence electrons. The molecule has 1 N–H and O–H groups in total. The molecule has 27 heavy (non-hydrogen) atoms. The Bertz CT molecular complexity index is 992. The predicted octanol–water partition coefficient (Wildman–Crippen LogP) is 3.52. The SMILES string of the molecule is CNc1nccc2c1nc(Sc1cc3c(cc1I)OCO3)n2CCN(C)C. The second-order valence-corrected chi connectivity index (χ2v) is 8.54. The molecule has 1 aliphatic heterocycles. The van der Waals surface area contributed by atoms with Crippen LogP contribution in [0.15, 0.2) is 34.4 Å². The topological polar surface area (TPSA) is 64.4 Å². The Kier molecular flexibility index (Phi) is 5.33. The van der Waals surface area contributed by atoms with Crippen molar-refractivity contribution in [3.05, 3.63) is 28.0 Å². The molecule has 0 amide bonds. The third-order valence-electron chi connectivity index (χ3n) is 4.27. The number of nitrogens with zero attached hydrogens (tertiary/aromatic N) is 4. The highest BCUT2D eigenvalue weighted by Crippen LogP contribution is 2.41. The number of likely N-dealkylation sites (N-methyl/N-ethyl adjacent to an activating group) is 1. The van der Waals surface area contributed by atoms with Crippen LogP contribution in [-0.2, 0) is 6.54 Å². The number of imidazole rings is 1. The number of hydrogen-bond acceptors (Lipinski definition) is 7. The van der Waals surface area contributed by atoms with Crippen LogP contribution < -0.4 is 14.8 Å². The molecule has 0 bridgehead atoms. The number of ether oxygens (including phenoxy) is 2. The van der Waals surface area contributed by atoms with E-state index in [1.54, 1.807) is 11.8 Å². The van der Waals surface area contributed by atoms with Gasteiger partial charge in [-0.05, 0) is 54.9 Å². The highest BCUT2D eigenvalue weighted by atomic mass is 127. The first kappa shape index (κ1) is 18.6. The number of rotatable bonds is 6. The summed E-state index contributed by atoms with van der Waals surface area (Å²) in [5.41, 5.74) is 1.96. The van der Waals surface area contributed by atoms with Crippen molar-refractivity contribution in [3.63, 3.8) is 0 Å². The molecule has 3 aromatic rings. The third kappa shape index (κ3) is 3.67. The van der Waals surface area contributed by atoms with Gasteiger partial charge in [-0.15, -0.1) is 0 Å². The summed E-state index contributed by atoms with van der Waals surface area (Å²) in [4.78, 5) is 12.6. The van der Waals surface area contributed by atoms with Crippen LogP contribution in [0, 0.1) is 3.57 Å². The smallest absolute Gasteiger partial charge is 0.231 e. The fourth-order valence-electron chi connectivity index (χ4n) is 2.88. The van der Waals surface area contributed by atoms with Gasteiger partial charge >= 0.3 is 0 Å². The molecule has 2 aromatic heterocycles. The lowest BCUT2D eigenvalue weighted by Crippen LogP contribution is -2.18. The average Bonchev–Trinajstić information content (AvgIpc) is 3.23. The molecule has 7 nitrogen and oxygen atoms in total. The van der Waals surface area contributed by atoms with Crippen LogP contribution in [0.2, 0.25) is 0 Å². The van der Waals surface area contributed by atoms with Gasteiger partial charge in [-0.1, -0.05) is 11.8 Å². The molecule has 9 heteroatoms. The zero-order valence-corrected chi connectivity index (χ0v) is 18.3. The van der Waals surface area contributed by atoms with Gasteiger partial charge in [0.1, 0.15) is 5.52 Å². The molecule has 0 aliphatic carbocycles. The van der Waals surface area contributed by atoms with Crippen molar-refractivity contribution in [2.75, 3.05) is 39.8 Å². The van der Waals surface area contributed by atoms with E-state index in [1.165, 1.54) is 0 Å². The first-order chi connectivity index (χ1) is 13.1. The molecule has 0 spiro atoms. The normalized spacial score (nSPS) is 12.9. The standard InChI is InChI=1S/C18H20IN5O2S/c1-20-17-16-12(4-5-21-17)24(7-6-23(2)3)18(22-16)27-15-9-14-13(8-11(15)19)25-10-26-14/h4-5,8-9H,6-7,10H2,1-3H3,(H,20,21). The highest BCUT2D eigenvalue weighted by Gasteiger charge is 2.20. The molecule has 1 aliphatic rings. The Morgan fingerprint density at radius 3 is 2.81 bits per heavy atom. The van der Waals surface area contributed by atoms with Gasteiger partial charge in [-0.3, -0.25) is 0 Å². The molecule has 0 atom stereocenters. The zero-order valence-electron chi connectivity index (χ0n) is 15.3. The van der Waals surface area contributed by atoms with E-state index < -0.39 is 0 Å². The summed E-state index contributed by atoms with van der Waals surface area (Å²) in [7, 11) is 6.02. The lowest BCUT2D eigenvalue weighted by molar-refractivity contribution is 0.174. The molecule has 4 rings (SSSR count). The van der Waals surface area contributed by atoms with Gasteiger partial charge in [0.2, 0.25) is 6.79 Å². The summed E-state index contributed by atoms with van der Waals surface area (Å²) in [6, 6.07) is 6.06. The molecule has 0 radical (unpaired) electrons. The minimum absolute atomic E-state index is 0.276. The summed E-state index contributed by atoms with van der Waals surface area (Å²) in [6.07, 6.45) is 1.82. The van der Waals surface area contributed by atoms with Crippen molar-refractivity contribution in [3.8, 4) is 11.5 Å². The average molecular weight is 497 g/mol. The quantitative estimate of drug-likeness (QED) is 0.523. The van der Waals surface area contributed by atoms with E-state index in [1.807, 2.05) is 31.4 Å². The fraction of sp³-hybridized carbons (Fsp3) is 0.333. The van der Waals surface area contributed by atoms with Crippen LogP contribution in [0.3, 0.4) is 0 Å². The number of anilines is 1. The first-order valence-electron chi connectivity index (χ1n) is 8.51. The maximum Gasteiger partial charge on any atom is 0.231 e. The van der Waals surface area contributed by atoms with E-state index in [-0.39, 0.29) is 6.79 Å². The molecule has 0 saturated heterocycles. The largest absolute Gasteiger partial charge is 0.454 e. The fourth-order valence-corrected chi connectivity index (χ4v) is 4.61. The Balaban J connectivity index is 1.77. The van der Waals surface area contributed by atoms with Crippen molar-refractivity contribution < 1.29 is 9.47 Å². The number of hydrogen-bond donors (Lipinski definition) is 1. The van der Waals surface area contributed by atoms with Crippen molar-refractivity contribution in [2.24, 2.45) is 0 Å². The molecule has 3 heterocycles. The Labute approximate surface area is 175 Å². The number of aromatic nitrogens is 3. The number of nitrogens with one attached hydrogen (secondary N) is 1. The minimum atomic E-state index is 0.276. The van der Waals surface area contributed by atoms with Crippen LogP contribution in [0.1, 0.15) is 0 Å². The second kappa shape index (κ2) is 7.72. The van der Waals surface area contributed by atoms with Crippen molar-refractivity contribution in [1.82, 2.24) is 19.4 Å². The Morgan fingerprint density at radius 1 is 1.30 bits per heavy atom. The van der Waals surface area contributed by atoms with Crippen LogP contribution >= 0.6 is 34.4 Å². The highest BCUT2D eigenvalue weighted by molar-refractivity contribution is 14.1. The summed E-state index contributed by atoms with van der Waals surface area (Å²) in [5, 5.41) is 4.08. The number of halogens is 1. The van der Waals surface area contributed by atoms with Gasteiger partial charge in [0.15, 0.2) is 22.5 Å². The molecular formula is C18H20IN5O2S. The molecule has 0 saturated carbocycles. The van der Waals surface area contributed by atoms with Gasteiger partial charge in [0, 0.05) is 34.8 Å². The predicted molar refractivity (Wildman–Crippen MR) is 115 cm³/mol. The summed E-state index contributed by atoms with van der Waals surface area (Å²) >= 11 is 3.97. The van der Waals surface area contributed by atoms with Crippen LogP contribution in [0.5, 0.6) is 11.5 Å². The lowest BCUT2D eigenvalue weighted by atomic mass is 10.3. The molecule has 0 fully saturated rings. The Morgan fingerprint density at radius 2 is 2.07 bits per heavy atom. The minimum Gasteiger partial charge on any atom is -0.454 e. The lowest BCUT2D eigenvalue weighted by Gasteiger charge is -2.13. The van der Waals surface area contributed by atoms with Gasteiger partial charge < -0.3 is 24.3 Å². The maximum atomic E-state index is 5.54. The number of pyridine rings is 1. The van der Waals surface area contributed by atoms with E-state index >= 15 is 0 Å². The monoisotopic (exact) mass is 497 g/mol. The van der Waals surface area contributed by atoms with Crippen LogP contribution in [0.4, 0.5) is 5.82 Å². The molecule has 1 aromatic carbocycles. The summed E-state index contributed by atoms with van der Waals surface area (Å²) < 4.78 is 14.4. The summed E-state index contributed by atoms with van der Waals surface area (Å²) in [6.45, 7) is 2.05. The third-order valence-corrected chi connectivity index (χ3v) is 6.58. The number of benzene rings is 1. The second-order valence-electron chi connectivity index (χ2n) is 6.36.